The first-order chi connectivity index (χ1) is 6.22. The Morgan fingerprint density at radius 3 is 2.77 bits per heavy atom. The smallest absolute Gasteiger partial charge is 0.141 e. The second kappa shape index (κ2) is 4.77. The van der Waals surface area contributed by atoms with E-state index in [0.717, 1.165) is 12.1 Å². The molecule has 1 heterocycles. The Morgan fingerprint density at radius 1 is 1.46 bits per heavy atom. The van der Waals surface area contributed by atoms with Crippen molar-refractivity contribution >= 4 is 5.82 Å². The van der Waals surface area contributed by atoms with Crippen LogP contribution in [0.3, 0.4) is 0 Å². The van der Waals surface area contributed by atoms with Crippen LogP contribution in [0.5, 0.6) is 0 Å². The standard InChI is InChI=1S/C9H15N3O/c1-3-7(2)13-6-8-4-12-9(10)5-11-8/h4-5,7H,3,6H2,1-2H3,(H2,10,12). The van der Waals surface area contributed by atoms with Crippen LogP contribution >= 0.6 is 0 Å². The fourth-order valence-corrected chi connectivity index (χ4v) is 0.785. The van der Waals surface area contributed by atoms with Crippen molar-refractivity contribution in [3.63, 3.8) is 0 Å². The van der Waals surface area contributed by atoms with E-state index in [9.17, 15) is 0 Å². The second-order valence-electron chi connectivity index (χ2n) is 2.96. The summed E-state index contributed by atoms with van der Waals surface area (Å²) in [5, 5.41) is 0. The Hall–Kier alpha value is -1.16. The highest BCUT2D eigenvalue weighted by molar-refractivity contribution is 5.22. The molecule has 13 heavy (non-hydrogen) atoms. The Labute approximate surface area is 78.1 Å². The first kappa shape index (κ1) is 9.92. The lowest BCUT2D eigenvalue weighted by Gasteiger charge is -2.09. The van der Waals surface area contributed by atoms with Gasteiger partial charge in [0.2, 0.25) is 0 Å². The van der Waals surface area contributed by atoms with E-state index >= 15 is 0 Å². The number of nitrogens with zero attached hydrogens (tertiary/aromatic N) is 2. The topological polar surface area (TPSA) is 61.0 Å². The molecule has 0 saturated carbocycles. The van der Waals surface area contributed by atoms with E-state index < -0.39 is 0 Å². The lowest BCUT2D eigenvalue weighted by Crippen LogP contribution is -2.07. The number of nitrogens with two attached hydrogens (primary N) is 1. The van der Waals surface area contributed by atoms with Crippen LogP contribution in [0.4, 0.5) is 5.82 Å². The fraction of sp³-hybridized carbons (Fsp3) is 0.556. The van der Waals surface area contributed by atoms with Gasteiger partial charge in [0.15, 0.2) is 0 Å². The zero-order chi connectivity index (χ0) is 9.68. The molecule has 4 nitrogen and oxygen atoms in total. The van der Waals surface area contributed by atoms with E-state index in [0.29, 0.717) is 12.4 Å². The third kappa shape index (κ3) is 3.38. The van der Waals surface area contributed by atoms with Crippen molar-refractivity contribution in [3.8, 4) is 0 Å². The molecule has 0 amide bonds. The summed E-state index contributed by atoms with van der Waals surface area (Å²) in [7, 11) is 0. The van der Waals surface area contributed by atoms with Crippen LogP contribution in [-0.4, -0.2) is 16.1 Å². The molecule has 0 spiro atoms. The molecule has 0 bridgehead atoms. The summed E-state index contributed by atoms with van der Waals surface area (Å²) >= 11 is 0. The molecule has 1 atom stereocenters. The third-order valence-corrected chi connectivity index (χ3v) is 1.82. The van der Waals surface area contributed by atoms with E-state index in [-0.39, 0.29) is 6.10 Å². The number of hydrogen-bond acceptors (Lipinski definition) is 4. The van der Waals surface area contributed by atoms with Gasteiger partial charge in [0.1, 0.15) is 5.82 Å². The Kier molecular flexibility index (Phi) is 3.64. The highest BCUT2D eigenvalue weighted by atomic mass is 16.5. The normalized spacial score (nSPS) is 12.8. The molecule has 1 rings (SSSR count). The van der Waals surface area contributed by atoms with Crippen LogP contribution in [0, 0.1) is 0 Å². The molecule has 1 aromatic heterocycles. The summed E-state index contributed by atoms with van der Waals surface area (Å²) < 4.78 is 5.47. The highest BCUT2D eigenvalue weighted by Crippen LogP contribution is 2.02. The lowest BCUT2D eigenvalue weighted by atomic mass is 10.3. The molecule has 0 radical (unpaired) electrons. The summed E-state index contributed by atoms with van der Waals surface area (Å²) in [6.45, 7) is 4.62. The Morgan fingerprint density at radius 2 is 2.23 bits per heavy atom. The van der Waals surface area contributed by atoms with Gasteiger partial charge < -0.3 is 10.5 Å². The first-order valence-electron chi connectivity index (χ1n) is 4.40. The van der Waals surface area contributed by atoms with E-state index in [4.69, 9.17) is 10.5 Å². The third-order valence-electron chi connectivity index (χ3n) is 1.82. The molecule has 0 saturated heterocycles. The van der Waals surface area contributed by atoms with Crippen molar-refractivity contribution in [2.45, 2.75) is 33.0 Å². The average molecular weight is 181 g/mol. The van der Waals surface area contributed by atoms with Gasteiger partial charge >= 0.3 is 0 Å². The van der Waals surface area contributed by atoms with Crippen LogP contribution in [-0.2, 0) is 11.3 Å². The first-order valence-corrected chi connectivity index (χ1v) is 4.40. The monoisotopic (exact) mass is 181 g/mol. The molecule has 1 aromatic rings. The maximum atomic E-state index is 5.47. The Bertz CT molecular complexity index is 248. The van der Waals surface area contributed by atoms with Gasteiger partial charge in [-0.15, -0.1) is 0 Å². The molecule has 72 valence electrons. The maximum Gasteiger partial charge on any atom is 0.141 e. The molecule has 0 aliphatic carbocycles. The van der Waals surface area contributed by atoms with Crippen molar-refractivity contribution in [1.82, 2.24) is 9.97 Å². The molecule has 0 aliphatic heterocycles. The number of hydrogen-bond donors (Lipinski definition) is 1. The van der Waals surface area contributed by atoms with Crippen molar-refractivity contribution < 1.29 is 4.74 Å². The number of ether oxygens (including phenoxy) is 1. The van der Waals surface area contributed by atoms with E-state index in [1.54, 1.807) is 6.20 Å². The minimum Gasteiger partial charge on any atom is -0.382 e. The van der Waals surface area contributed by atoms with Crippen LogP contribution < -0.4 is 5.73 Å². The minimum atomic E-state index is 0.263. The van der Waals surface area contributed by atoms with Crippen LogP contribution in [0.25, 0.3) is 0 Å². The summed E-state index contributed by atoms with van der Waals surface area (Å²) in [5.41, 5.74) is 6.21. The molecule has 0 aliphatic rings. The summed E-state index contributed by atoms with van der Waals surface area (Å²) in [5.74, 6) is 0.437. The van der Waals surface area contributed by atoms with E-state index in [2.05, 4.69) is 16.9 Å². The summed E-state index contributed by atoms with van der Waals surface area (Å²) in [6, 6.07) is 0. The van der Waals surface area contributed by atoms with Crippen LogP contribution in [0.15, 0.2) is 12.4 Å². The van der Waals surface area contributed by atoms with Gasteiger partial charge in [-0.2, -0.15) is 0 Å². The number of anilines is 1. The summed E-state index contributed by atoms with van der Waals surface area (Å²) in [6.07, 6.45) is 4.44. The zero-order valence-corrected chi connectivity index (χ0v) is 8.03. The maximum absolute atomic E-state index is 5.47. The summed E-state index contributed by atoms with van der Waals surface area (Å²) in [4.78, 5) is 7.99. The number of rotatable bonds is 4. The Balaban J connectivity index is 2.41. The predicted octanol–water partition coefficient (Wildman–Crippen LogP) is 1.37. The van der Waals surface area contributed by atoms with Gasteiger partial charge in [-0.05, 0) is 13.3 Å². The molecular weight excluding hydrogens is 166 g/mol. The van der Waals surface area contributed by atoms with E-state index in [1.807, 2.05) is 6.92 Å². The van der Waals surface area contributed by atoms with Gasteiger partial charge in [0.05, 0.1) is 30.8 Å². The van der Waals surface area contributed by atoms with Gasteiger partial charge in [-0.3, -0.25) is 4.98 Å². The van der Waals surface area contributed by atoms with Crippen molar-refractivity contribution in [2.24, 2.45) is 0 Å². The molecule has 0 fully saturated rings. The molecule has 2 N–H and O–H groups in total. The largest absolute Gasteiger partial charge is 0.382 e. The highest BCUT2D eigenvalue weighted by Gasteiger charge is 2.00. The average Bonchev–Trinajstić information content (AvgIpc) is 2.16. The quantitative estimate of drug-likeness (QED) is 0.762. The lowest BCUT2D eigenvalue weighted by molar-refractivity contribution is 0.0487. The van der Waals surface area contributed by atoms with Crippen LogP contribution in [0.1, 0.15) is 26.0 Å². The van der Waals surface area contributed by atoms with Gasteiger partial charge in [0, 0.05) is 0 Å². The van der Waals surface area contributed by atoms with E-state index in [1.165, 1.54) is 6.20 Å². The van der Waals surface area contributed by atoms with Crippen molar-refractivity contribution in [2.75, 3.05) is 5.73 Å². The molecule has 1 unspecified atom stereocenters. The molecule has 0 aromatic carbocycles. The van der Waals surface area contributed by atoms with Crippen LogP contribution in [0.2, 0.25) is 0 Å². The van der Waals surface area contributed by atoms with Gasteiger partial charge in [-0.1, -0.05) is 6.92 Å². The molecule has 4 heteroatoms. The number of aromatic nitrogens is 2. The fourth-order valence-electron chi connectivity index (χ4n) is 0.785. The van der Waals surface area contributed by atoms with Gasteiger partial charge in [0.25, 0.3) is 0 Å². The number of nitrogen functional groups attached to an aromatic ring is 1. The SMILES string of the molecule is CCC(C)OCc1cnc(N)cn1. The van der Waals surface area contributed by atoms with Crippen molar-refractivity contribution in [3.05, 3.63) is 18.1 Å². The van der Waals surface area contributed by atoms with Gasteiger partial charge in [-0.25, -0.2) is 4.98 Å². The second-order valence-corrected chi connectivity index (χ2v) is 2.96. The van der Waals surface area contributed by atoms with Crippen molar-refractivity contribution in [1.29, 1.82) is 0 Å². The minimum absolute atomic E-state index is 0.263. The molecular formula is C9H15N3O. The predicted molar refractivity (Wildman–Crippen MR) is 51.0 cm³/mol. The zero-order valence-electron chi connectivity index (χ0n) is 8.03.